The number of sulfonamides is 1. The van der Waals surface area contributed by atoms with Crippen LogP contribution in [0.1, 0.15) is 5.56 Å². The van der Waals surface area contributed by atoms with Gasteiger partial charge in [-0.3, -0.25) is 0 Å². The fourth-order valence-corrected chi connectivity index (χ4v) is 4.32. The Kier molecular flexibility index (Phi) is 4.96. The summed E-state index contributed by atoms with van der Waals surface area (Å²) in [5.41, 5.74) is 6.19. The molecule has 2 heterocycles. The first-order valence-electron chi connectivity index (χ1n) is 10.1. The Morgan fingerprint density at radius 2 is 1.75 bits per heavy atom. The van der Waals surface area contributed by atoms with E-state index in [1.807, 2.05) is 60.7 Å². The van der Waals surface area contributed by atoms with E-state index in [0.717, 1.165) is 56.0 Å². The average molecular weight is 447 g/mol. The van der Waals surface area contributed by atoms with Gasteiger partial charge in [-0.1, -0.05) is 42.5 Å². The minimum Gasteiger partial charge on any atom is -0.495 e. The minimum absolute atomic E-state index is 0.194. The molecule has 0 fully saturated rings. The molecule has 0 spiro atoms. The van der Waals surface area contributed by atoms with Gasteiger partial charge in [-0.25, -0.2) is 18.1 Å². The van der Waals surface area contributed by atoms with Crippen molar-refractivity contribution in [3.05, 3.63) is 72.3 Å². The highest BCUT2D eigenvalue weighted by Gasteiger charge is 2.16. The maximum atomic E-state index is 11.4. The normalized spacial score (nSPS) is 11.9. The molecule has 3 N–H and O–H groups in total. The fourth-order valence-electron chi connectivity index (χ4n) is 3.89. The van der Waals surface area contributed by atoms with Crippen LogP contribution < -0.4 is 14.8 Å². The average Bonchev–Trinajstić information content (AvgIpc) is 3.16. The van der Waals surface area contributed by atoms with E-state index in [-0.39, 0.29) is 6.54 Å². The second-order valence-corrected chi connectivity index (χ2v) is 9.48. The number of hydrogen-bond donors (Lipinski definition) is 3. The third kappa shape index (κ3) is 3.74. The molecule has 5 aromatic rings. The molecule has 0 radical (unpaired) electrons. The third-order valence-electron chi connectivity index (χ3n) is 5.40. The fraction of sp³-hybridized carbons (Fsp3) is 0.125. The van der Waals surface area contributed by atoms with Gasteiger partial charge in [0.2, 0.25) is 10.0 Å². The van der Waals surface area contributed by atoms with Crippen molar-refractivity contribution in [1.82, 2.24) is 14.7 Å². The summed E-state index contributed by atoms with van der Waals surface area (Å²) in [4.78, 5) is 8.41. The lowest BCUT2D eigenvalue weighted by atomic mass is 10.1. The molecule has 0 saturated heterocycles. The van der Waals surface area contributed by atoms with Gasteiger partial charge >= 0.3 is 0 Å². The topological polar surface area (TPSA) is 96.1 Å². The lowest BCUT2D eigenvalue weighted by Gasteiger charge is -2.15. The van der Waals surface area contributed by atoms with E-state index in [9.17, 15) is 8.42 Å². The maximum Gasteiger partial charge on any atom is 0.209 e. The molecule has 0 aliphatic rings. The number of para-hydroxylation sites is 2. The van der Waals surface area contributed by atoms with E-state index >= 15 is 0 Å². The van der Waals surface area contributed by atoms with Crippen LogP contribution >= 0.6 is 0 Å². The van der Waals surface area contributed by atoms with Gasteiger partial charge in [0.05, 0.1) is 41.3 Å². The van der Waals surface area contributed by atoms with Gasteiger partial charge < -0.3 is 15.0 Å². The zero-order valence-corrected chi connectivity index (χ0v) is 18.5. The van der Waals surface area contributed by atoms with Gasteiger partial charge in [0, 0.05) is 22.8 Å². The van der Waals surface area contributed by atoms with Crippen LogP contribution in [-0.4, -0.2) is 31.8 Å². The zero-order valence-electron chi connectivity index (χ0n) is 17.6. The maximum absolute atomic E-state index is 11.4. The number of anilines is 2. The number of rotatable bonds is 6. The number of aromatic amines is 1. The molecule has 0 aliphatic carbocycles. The van der Waals surface area contributed by atoms with Crippen molar-refractivity contribution >= 4 is 54.2 Å². The highest BCUT2D eigenvalue weighted by Crippen LogP contribution is 2.38. The molecule has 0 atom stereocenters. The van der Waals surface area contributed by atoms with Gasteiger partial charge in [0.15, 0.2) is 0 Å². The summed E-state index contributed by atoms with van der Waals surface area (Å²) in [6, 6.07) is 21.7. The van der Waals surface area contributed by atoms with Gasteiger partial charge in [-0.15, -0.1) is 0 Å². The Hall–Kier alpha value is -3.62. The highest BCUT2D eigenvalue weighted by atomic mass is 32.2. The van der Waals surface area contributed by atoms with Crippen LogP contribution in [-0.2, 0) is 16.6 Å². The minimum atomic E-state index is -3.28. The molecule has 8 heteroatoms. The summed E-state index contributed by atoms with van der Waals surface area (Å²) < 4.78 is 31.0. The number of nitrogens with one attached hydrogen (secondary N) is 3. The summed E-state index contributed by atoms with van der Waals surface area (Å²) >= 11 is 0. The zero-order chi connectivity index (χ0) is 22.3. The SMILES string of the molecule is COc1cc(CNS(C)(=O)=O)ccc1Nc1c2ccccc2nc2c1[nH]c1ccccc12. The number of pyridine rings is 1. The predicted molar refractivity (Wildman–Crippen MR) is 129 cm³/mol. The molecule has 0 aliphatic heterocycles. The Balaban J connectivity index is 1.64. The quantitative estimate of drug-likeness (QED) is 0.352. The molecule has 3 aromatic carbocycles. The summed E-state index contributed by atoms with van der Waals surface area (Å²) in [7, 11) is -1.68. The molecule has 162 valence electrons. The molecule has 7 nitrogen and oxygen atoms in total. The lowest BCUT2D eigenvalue weighted by molar-refractivity contribution is 0.416. The second-order valence-electron chi connectivity index (χ2n) is 7.65. The first-order chi connectivity index (χ1) is 15.4. The van der Waals surface area contributed by atoms with Crippen LogP contribution in [0, 0.1) is 0 Å². The number of ether oxygens (including phenoxy) is 1. The Bertz CT molecular complexity index is 1580. The van der Waals surface area contributed by atoms with E-state index in [4.69, 9.17) is 9.72 Å². The monoisotopic (exact) mass is 446 g/mol. The van der Waals surface area contributed by atoms with Crippen LogP contribution in [0.4, 0.5) is 11.4 Å². The van der Waals surface area contributed by atoms with Crippen molar-refractivity contribution in [2.24, 2.45) is 0 Å². The van der Waals surface area contributed by atoms with E-state index < -0.39 is 10.0 Å². The van der Waals surface area contributed by atoms with Gasteiger partial charge in [-0.2, -0.15) is 0 Å². The lowest BCUT2D eigenvalue weighted by Crippen LogP contribution is -2.21. The molecule has 5 rings (SSSR count). The van der Waals surface area contributed by atoms with Crippen molar-refractivity contribution in [2.45, 2.75) is 6.54 Å². The molecule has 32 heavy (non-hydrogen) atoms. The van der Waals surface area contributed by atoms with Gasteiger partial charge in [-0.05, 0) is 29.8 Å². The van der Waals surface area contributed by atoms with Crippen LogP contribution in [0.25, 0.3) is 32.8 Å². The molecular weight excluding hydrogens is 424 g/mol. The smallest absolute Gasteiger partial charge is 0.209 e. The first-order valence-corrected chi connectivity index (χ1v) is 12.0. The summed E-state index contributed by atoms with van der Waals surface area (Å²) in [6.45, 7) is 0.194. The van der Waals surface area contributed by atoms with E-state index in [2.05, 4.69) is 21.1 Å². The summed E-state index contributed by atoms with van der Waals surface area (Å²) in [5, 5.41) is 5.58. The Morgan fingerprint density at radius 1 is 1.00 bits per heavy atom. The highest BCUT2D eigenvalue weighted by molar-refractivity contribution is 7.88. The van der Waals surface area contributed by atoms with E-state index in [0.29, 0.717) is 5.75 Å². The number of benzene rings is 3. The Labute approximate surface area is 185 Å². The third-order valence-corrected chi connectivity index (χ3v) is 6.07. The molecular formula is C24H22N4O3S. The van der Waals surface area contributed by atoms with Crippen LogP contribution in [0.3, 0.4) is 0 Å². The second kappa shape index (κ2) is 7.81. The molecule has 0 unspecified atom stereocenters. The number of methoxy groups -OCH3 is 1. The molecule has 2 aromatic heterocycles. The van der Waals surface area contributed by atoms with Crippen LogP contribution in [0.15, 0.2) is 66.7 Å². The van der Waals surface area contributed by atoms with Crippen LogP contribution in [0.2, 0.25) is 0 Å². The number of fused-ring (bicyclic) bond motifs is 4. The van der Waals surface area contributed by atoms with Crippen molar-refractivity contribution < 1.29 is 13.2 Å². The first kappa shape index (κ1) is 20.3. The van der Waals surface area contributed by atoms with Gasteiger partial charge in [0.25, 0.3) is 0 Å². The number of nitrogens with zero attached hydrogens (tertiary/aromatic N) is 1. The van der Waals surface area contributed by atoms with Crippen molar-refractivity contribution in [3.63, 3.8) is 0 Å². The van der Waals surface area contributed by atoms with Crippen molar-refractivity contribution in [2.75, 3.05) is 18.7 Å². The number of hydrogen-bond acceptors (Lipinski definition) is 5. The van der Waals surface area contributed by atoms with E-state index in [1.54, 1.807) is 7.11 Å². The molecule has 0 bridgehead atoms. The standard InChI is InChI=1S/C24H22N4O3S/c1-31-21-13-15(14-25-32(2,29)30)11-12-20(21)28-23-16-7-3-5-9-18(16)26-22-17-8-4-6-10-19(17)27-24(22)23/h3-13,25,27H,14H2,1-2H3,(H,26,28). The summed E-state index contributed by atoms with van der Waals surface area (Å²) in [5.74, 6) is 0.614. The molecule has 0 amide bonds. The van der Waals surface area contributed by atoms with Crippen LogP contribution in [0.5, 0.6) is 5.75 Å². The largest absolute Gasteiger partial charge is 0.495 e. The van der Waals surface area contributed by atoms with E-state index in [1.165, 1.54) is 0 Å². The van der Waals surface area contributed by atoms with Crippen molar-refractivity contribution in [3.8, 4) is 5.75 Å². The Morgan fingerprint density at radius 3 is 2.53 bits per heavy atom. The number of H-pyrrole nitrogens is 1. The van der Waals surface area contributed by atoms with Gasteiger partial charge in [0.1, 0.15) is 5.75 Å². The van der Waals surface area contributed by atoms with Crippen molar-refractivity contribution in [1.29, 1.82) is 0 Å². The number of aromatic nitrogens is 2. The predicted octanol–water partition coefficient (Wildman–Crippen LogP) is 4.67. The molecule has 0 saturated carbocycles. The summed E-state index contributed by atoms with van der Waals surface area (Å²) in [6.07, 6.45) is 1.14.